The first-order chi connectivity index (χ1) is 8.08. The molecule has 1 aromatic carbocycles. The second-order valence-corrected chi connectivity index (χ2v) is 5.79. The molecule has 1 fully saturated rings. The summed E-state index contributed by atoms with van der Waals surface area (Å²) in [6.45, 7) is 6.50. The van der Waals surface area contributed by atoms with Gasteiger partial charge in [0.15, 0.2) is 5.78 Å². The van der Waals surface area contributed by atoms with E-state index < -0.39 is 0 Å². The first-order valence-electron chi connectivity index (χ1n) is 6.71. The molecule has 1 unspecified atom stereocenters. The summed E-state index contributed by atoms with van der Waals surface area (Å²) in [6.07, 6.45) is 3.56. The molecule has 0 heterocycles. The van der Waals surface area contributed by atoms with E-state index in [9.17, 15) is 4.79 Å². The summed E-state index contributed by atoms with van der Waals surface area (Å²) in [6, 6.07) is 8.21. The Balaban J connectivity index is 2.03. The number of carbonyl (C=O) groups is 1. The number of rotatable bonds is 5. The smallest absolute Gasteiger partial charge is 0.165 e. The molecule has 0 amide bonds. The van der Waals surface area contributed by atoms with Crippen molar-refractivity contribution in [2.24, 2.45) is 17.8 Å². The Hall–Kier alpha value is -1.11. The van der Waals surface area contributed by atoms with Crippen LogP contribution < -0.4 is 0 Å². The number of hydrogen-bond donors (Lipinski definition) is 0. The monoisotopic (exact) mass is 230 g/mol. The number of Topliss-reactive ketones (excluding diaryl/α,β-unsaturated/α-hetero) is 1. The summed E-state index contributed by atoms with van der Waals surface area (Å²) in [5, 5.41) is 0. The minimum absolute atomic E-state index is 0.214. The average Bonchev–Trinajstić information content (AvgIpc) is 3.11. The van der Waals surface area contributed by atoms with Gasteiger partial charge in [-0.15, -0.1) is 0 Å². The van der Waals surface area contributed by atoms with Crippen LogP contribution in [0.15, 0.2) is 24.3 Å². The van der Waals surface area contributed by atoms with Gasteiger partial charge in [0.1, 0.15) is 0 Å². The second kappa shape index (κ2) is 5.03. The van der Waals surface area contributed by atoms with Gasteiger partial charge in [-0.25, -0.2) is 0 Å². The van der Waals surface area contributed by atoms with Gasteiger partial charge in [-0.1, -0.05) is 45.0 Å². The van der Waals surface area contributed by atoms with Gasteiger partial charge in [-0.3, -0.25) is 4.79 Å². The summed E-state index contributed by atoms with van der Waals surface area (Å²) in [7, 11) is 0. The van der Waals surface area contributed by atoms with Crippen LogP contribution >= 0.6 is 0 Å². The van der Waals surface area contributed by atoms with Crippen LogP contribution in [-0.4, -0.2) is 5.78 Å². The van der Waals surface area contributed by atoms with Crippen molar-refractivity contribution in [2.45, 2.75) is 40.0 Å². The summed E-state index contributed by atoms with van der Waals surface area (Å²) in [5.41, 5.74) is 2.22. The van der Waals surface area contributed by atoms with E-state index >= 15 is 0 Å². The van der Waals surface area contributed by atoms with Crippen LogP contribution in [0.1, 0.15) is 49.5 Å². The molecule has 1 aliphatic carbocycles. The van der Waals surface area contributed by atoms with E-state index in [2.05, 4.69) is 32.9 Å². The van der Waals surface area contributed by atoms with E-state index in [4.69, 9.17) is 0 Å². The van der Waals surface area contributed by atoms with Crippen molar-refractivity contribution in [3.05, 3.63) is 35.4 Å². The van der Waals surface area contributed by atoms with E-state index in [1.165, 1.54) is 18.4 Å². The van der Waals surface area contributed by atoms with Crippen molar-refractivity contribution >= 4 is 5.78 Å². The molecule has 0 radical (unpaired) electrons. The van der Waals surface area contributed by atoms with E-state index in [0.29, 0.717) is 17.6 Å². The van der Waals surface area contributed by atoms with Crippen molar-refractivity contribution in [1.29, 1.82) is 0 Å². The van der Waals surface area contributed by atoms with Crippen molar-refractivity contribution in [2.75, 3.05) is 0 Å². The molecule has 0 aromatic heterocycles. The Labute approximate surface area is 104 Å². The zero-order valence-electron chi connectivity index (χ0n) is 11.1. The van der Waals surface area contributed by atoms with Crippen LogP contribution in [0.4, 0.5) is 0 Å². The van der Waals surface area contributed by atoms with Crippen LogP contribution in [0.2, 0.25) is 0 Å². The van der Waals surface area contributed by atoms with Crippen LogP contribution in [0.5, 0.6) is 0 Å². The molecular formula is C16H22O. The summed E-state index contributed by atoms with van der Waals surface area (Å²) < 4.78 is 0. The Morgan fingerprint density at radius 1 is 1.18 bits per heavy atom. The van der Waals surface area contributed by atoms with Gasteiger partial charge in [0.2, 0.25) is 0 Å². The SMILES string of the molecule is CC(C)Cc1ccc(C(=O)C(C)C2CC2)cc1. The predicted molar refractivity (Wildman–Crippen MR) is 71.2 cm³/mol. The molecule has 1 atom stereocenters. The largest absolute Gasteiger partial charge is 0.294 e. The lowest BCUT2D eigenvalue weighted by molar-refractivity contribution is 0.0916. The lowest BCUT2D eigenvalue weighted by Crippen LogP contribution is -2.13. The fraction of sp³-hybridized carbons (Fsp3) is 0.562. The molecule has 1 saturated carbocycles. The Kier molecular flexibility index (Phi) is 3.66. The normalized spacial score (nSPS) is 17.2. The second-order valence-electron chi connectivity index (χ2n) is 5.79. The predicted octanol–water partition coefficient (Wildman–Crippen LogP) is 4.11. The Morgan fingerprint density at radius 2 is 1.76 bits per heavy atom. The Morgan fingerprint density at radius 3 is 2.24 bits per heavy atom. The molecule has 0 N–H and O–H groups in total. The summed E-state index contributed by atoms with van der Waals surface area (Å²) >= 11 is 0. The number of hydrogen-bond acceptors (Lipinski definition) is 1. The van der Waals surface area contributed by atoms with Gasteiger partial charge < -0.3 is 0 Å². The zero-order valence-corrected chi connectivity index (χ0v) is 11.1. The fourth-order valence-corrected chi connectivity index (χ4v) is 2.35. The molecule has 1 aromatic rings. The molecule has 0 spiro atoms. The Bertz CT molecular complexity index is 384. The third kappa shape index (κ3) is 3.18. The third-order valence-electron chi connectivity index (χ3n) is 3.63. The zero-order chi connectivity index (χ0) is 12.4. The molecule has 17 heavy (non-hydrogen) atoms. The van der Waals surface area contributed by atoms with Crippen LogP contribution in [0.25, 0.3) is 0 Å². The highest BCUT2D eigenvalue weighted by atomic mass is 16.1. The molecule has 92 valence electrons. The maximum absolute atomic E-state index is 12.2. The maximum Gasteiger partial charge on any atom is 0.165 e. The standard InChI is InChI=1S/C16H22O/c1-11(2)10-13-4-6-15(7-5-13)16(17)12(3)14-8-9-14/h4-7,11-12,14H,8-10H2,1-3H3. The summed E-state index contributed by atoms with van der Waals surface area (Å²) in [4.78, 5) is 12.2. The molecule has 2 rings (SSSR count). The average molecular weight is 230 g/mol. The minimum atomic E-state index is 0.214. The van der Waals surface area contributed by atoms with Gasteiger partial charge >= 0.3 is 0 Å². The van der Waals surface area contributed by atoms with Crippen molar-refractivity contribution in [1.82, 2.24) is 0 Å². The molecule has 0 bridgehead atoms. The molecule has 1 aliphatic rings. The van der Waals surface area contributed by atoms with Crippen LogP contribution in [0, 0.1) is 17.8 Å². The first kappa shape index (κ1) is 12.3. The number of benzene rings is 1. The first-order valence-corrected chi connectivity index (χ1v) is 6.71. The van der Waals surface area contributed by atoms with E-state index in [0.717, 1.165) is 12.0 Å². The molecular weight excluding hydrogens is 208 g/mol. The maximum atomic E-state index is 12.2. The highest BCUT2D eigenvalue weighted by molar-refractivity contribution is 5.98. The molecule has 1 nitrogen and oxygen atoms in total. The molecule has 0 saturated heterocycles. The third-order valence-corrected chi connectivity index (χ3v) is 3.63. The van der Waals surface area contributed by atoms with E-state index in [1.54, 1.807) is 0 Å². The van der Waals surface area contributed by atoms with Gasteiger partial charge in [0, 0.05) is 11.5 Å². The van der Waals surface area contributed by atoms with E-state index in [-0.39, 0.29) is 5.92 Å². The van der Waals surface area contributed by atoms with Crippen molar-refractivity contribution in [3.63, 3.8) is 0 Å². The topological polar surface area (TPSA) is 17.1 Å². The minimum Gasteiger partial charge on any atom is -0.294 e. The van der Waals surface area contributed by atoms with Gasteiger partial charge in [-0.05, 0) is 36.7 Å². The number of ketones is 1. The van der Waals surface area contributed by atoms with E-state index in [1.807, 2.05) is 12.1 Å². The van der Waals surface area contributed by atoms with Gasteiger partial charge in [0.05, 0.1) is 0 Å². The van der Waals surface area contributed by atoms with Gasteiger partial charge in [0.25, 0.3) is 0 Å². The van der Waals surface area contributed by atoms with Crippen molar-refractivity contribution < 1.29 is 4.79 Å². The van der Waals surface area contributed by atoms with Crippen LogP contribution in [0.3, 0.4) is 0 Å². The molecule has 1 heteroatoms. The highest BCUT2D eigenvalue weighted by Crippen LogP contribution is 2.38. The lowest BCUT2D eigenvalue weighted by Gasteiger charge is -2.10. The lowest BCUT2D eigenvalue weighted by atomic mass is 9.93. The number of carbonyl (C=O) groups excluding carboxylic acids is 1. The van der Waals surface area contributed by atoms with Crippen LogP contribution in [-0.2, 0) is 6.42 Å². The highest BCUT2D eigenvalue weighted by Gasteiger charge is 2.32. The quantitative estimate of drug-likeness (QED) is 0.696. The van der Waals surface area contributed by atoms with Crippen molar-refractivity contribution in [3.8, 4) is 0 Å². The van der Waals surface area contributed by atoms with Gasteiger partial charge in [-0.2, -0.15) is 0 Å². The summed E-state index contributed by atoms with van der Waals surface area (Å²) in [5.74, 6) is 1.86. The fourth-order valence-electron chi connectivity index (χ4n) is 2.35. The molecule has 0 aliphatic heterocycles.